The van der Waals surface area contributed by atoms with E-state index in [1.807, 2.05) is 19.1 Å². The van der Waals surface area contributed by atoms with E-state index in [9.17, 15) is 9.59 Å². The molecule has 0 saturated carbocycles. The predicted octanol–water partition coefficient (Wildman–Crippen LogP) is 3.01. The van der Waals surface area contributed by atoms with E-state index in [4.69, 9.17) is 4.42 Å². The van der Waals surface area contributed by atoms with E-state index in [1.165, 1.54) is 6.92 Å². The Bertz CT molecular complexity index is 694. The van der Waals surface area contributed by atoms with Gasteiger partial charge in [0.1, 0.15) is 11.5 Å². The second-order valence-corrected chi connectivity index (χ2v) is 5.35. The molecule has 0 unspecified atom stereocenters. The normalized spacial score (nSPS) is 10.7. The lowest BCUT2D eigenvalue weighted by atomic mass is 10.1. The molecule has 0 fully saturated rings. The fourth-order valence-corrected chi connectivity index (χ4v) is 2.49. The van der Waals surface area contributed by atoms with Gasteiger partial charge in [-0.15, -0.1) is 0 Å². The Labute approximate surface area is 123 Å². The van der Waals surface area contributed by atoms with Gasteiger partial charge in [0.25, 0.3) is 5.91 Å². The van der Waals surface area contributed by atoms with Crippen molar-refractivity contribution in [2.24, 2.45) is 0 Å². The maximum atomic E-state index is 12.6. The monoisotopic (exact) mass is 288 g/mol. The molecule has 0 aliphatic carbocycles. The first-order valence-corrected chi connectivity index (χ1v) is 6.82. The van der Waals surface area contributed by atoms with Crippen LogP contribution in [0.15, 0.2) is 16.5 Å². The van der Waals surface area contributed by atoms with E-state index in [0.29, 0.717) is 29.1 Å². The second-order valence-electron chi connectivity index (χ2n) is 5.35. The molecule has 0 radical (unpaired) electrons. The molecule has 2 aromatic heterocycles. The van der Waals surface area contributed by atoms with Crippen molar-refractivity contribution in [2.45, 2.75) is 34.2 Å². The first-order valence-electron chi connectivity index (χ1n) is 6.82. The largest absolute Gasteiger partial charge is 0.464 e. The van der Waals surface area contributed by atoms with Crippen LogP contribution in [0.3, 0.4) is 0 Å². The molecular weight excluding hydrogens is 268 g/mol. The van der Waals surface area contributed by atoms with Gasteiger partial charge in [-0.25, -0.2) is 0 Å². The minimum atomic E-state index is -0.122. The van der Waals surface area contributed by atoms with E-state index in [0.717, 1.165) is 11.5 Å². The van der Waals surface area contributed by atoms with E-state index < -0.39 is 0 Å². The molecule has 0 aliphatic rings. The Balaban J connectivity index is 2.25. The minimum absolute atomic E-state index is 0.0704. The Morgan fingerprint density at radius 2 is 1.90 bits per heavy atom. The third kappa shape index (κ3) is 2.91. The number of H-pyrrole nitrogens is 1. The summed E-state index contributed by atoms with van der Waals surface area (Å²) in [7, 11) is 1.72. The third-order valence-electron chi connectivity index (χ3n) is 3.54. The van der Waals surface area contributed by atoms with Crippen molar-refractivity contribution in [3.05, 3.63) is 46.2 Å². The average Bonchev–Trinajstić information content (AvgIpc) is 2.92. The van der Waals surface area contributed by atoms with Crippen molar-refractivity contribution in [1.29, 1.82) is 0 Å². The maximum absolute atomic E-state index is 12.6. The highest BCUT2D eigenvalue weighted by molar-refractivity contribution is 6.02. The highest BCUT2D eigenvalue weighted by Gasteiger charge is 2.23. The molecule has 2 aromatic rings. The molecule has 1 amide bonds. The minimum Gasteiger partial charge on any atom is -0.464 e. The van der Waals surface area contributed by atoms with Gasteiger partial charge in [0.15, 0.2) is 5.78 Å². The SMILES string of the molecule is CC(=O)c1[nH]c(C)c(C(=O)N(C)Cc2ccc(C)o2)c1C. The summed E-state index contributed by atoms with van der Waals surface area (Å²) in [5.41, 5.74) is 2.47. The van der Waals surface area contributed by atoms with Crippen molar-refractivity contribution < 1.29 is 14.0 Å². The van der Waals surface area contributed by atoms with Crippen LogP contribution in [0.5, 0.6) is 0 Å². The molecule has 0 spiro atoms. The van der Waals surface area contributed by atoms with Crippen LogP contribution in [0.1, 0.15) is 50.5 Å². The van der Waals surface area contributed by atoms with E-state index >= 15 is 0 Å². The standard InChI is InChI=1S/C16H20N2O3/c1-9-6-7-13(21-9)8-18(5)16(20)14-10(2)15(12(4)19)17-11(14)3/h6-7,17H,8H2,1-5H3. The van der Waals surface area contributed by atoms with Crippen molar-refractivity contribution >= 4 is 11.7 Å². The van der Waals surface area contributed by atoms with Gasteiger partial charge in [-0.3, -0.25) is 9.59 Å². The first-order chi connectivity index (χ1) is 9.81. The number of hydrogen-bond acceptors (Lipinski definition) is 3. The lowest BCUT2D eigenvalue weighted by Crippen LogP contribution is -2.27. The Kier molecular flexibility index (Phi) is 4.02. The number of aromatic amines is 1. The third-order valence-corrected chi connectivity index (χ3v) is 3.54. The molecule has 112 valence electrons. The summed E-state index contributed by atoms with van der Waals surface area (Å²) < 4.78 is 5.49. The van der Waals surface area contributed by atoms with Crippen LogP contribution in [-0.4, -0.2) is 28.6 Å². The van der Waals surface area contributed by atoms with Gasteiger partial charge in [-0.1, -0.05) is 0 Å². The molecule has 0 aromatic carbocycles. The zero-order valence-electron chi connectivity index (χ0n) is 13.0. The number of Topliss-reactive ketones (excluding diaryl/α,β-unsaturated/α-hetero) is 1. The number of ketones is 1. The van der Waals surface area contributed by atoms with Gasteiger partial charge in [0.2, 0.25) is 0 Å². The molecule has 2 heterocycles. The van der Waals surface area contributed by atoms with Gasteiger partial charge >= 0.3 is 0 Å². The Morgan fingerprint density at radius 3 is 2.38 bits per heavy atom. The van der Waals surface area contributed by atoms with Crippen LogP contribution in [-0.2, 0) is 6.54 Å². The number of amides is 1. The number of furan rings is 1. The van der Waals surface area contributed by atoms with Crippen LogP contribution in [0.4, 0.5) is 0 Å². The molecular formula is C16H20N2O3. The highest BCUT2D eigenvalue weighted by atomic mass is 16.3. The Hall–Kier alpha value is -2.30. The van der Waals surface area contributed by atoms with Crippen LogP contribution in [0, 0.1) is 20.8 Å². The molecule has 5 heteroatoms. The van der Waals surface area contributed by atoms with E-state index in [-0.39, 0.29) is 11.7 Å². The van der Waals surface area contributed by atoms with Crippen LogP contribution >= 0.6 is 0 Å². The quantitative estimate of drug-likeness (QED) is 0.879. The number of hydrogen-bond donors (Lipinski definition) is 1. The number of aryl methyl sites for hydroxylation is 2. The van der Waals surface area contributed by atoms with Crippen LogP contribution in [0.25, 0.3) is 0 Å². The molecule has 1 N–H and O–H groups in total. The lowest BCUT2D eigenvalue weighted by molar-refractivity contribution is 0.0773. The van der Waals surface area contributed by atoms with Crippen molar-refractivity contribution in [3.8, 4) is 0 Å². The average molecular weight is 288 g/mol. The van der Waals surface area contributed by atoms with Gasteiger partial charge in [0, 0.05) is 19.7 Å². The summed E-state index contributed by atoms with van der Waals surface area (Å²) in [5.74, 6) is 1.36. The van der Waals surface area contributed by atoms with Crippen LogP contribution in [0.2, 0.25) is 0 Å². The summed E-state index contributed by atoms with van der Waals surface area (Å²) in [6.07, 6.45) is 0. The zero-order chi connectivity index (χ0) is 15.7. The highest BCUT2D eigenvalue weighted by Crippen LogP contribution is 2.21. The molecule has 0 aliphatic heterocycles. The molecule has 5 nitrogen and oxygen atoms in total. The fourth-order valence-electron chi connectivity index (χ4n) is 2.49. The number of carbonyl (C=O) groups is 2. The first kappa shape index (κ1) is 15.1. The molecule has 21 heavy (non-hydrogen) atoms. The summed E-state index contributed by atoms with van der Waals surface area (Å²) in [4.78, 5) is 28.7. The second kappa shape index (κ2) is 5.60. The molecule has 2 rings (SSSR count). The lowest BCUT2D eigenvalue weighted by Gasteiger charge is -2.16. The molecule has 0 saturated heterocycles. The van der Waals surface area contributed by atoms with Gasteiger partial charge in [-0.05, 0) is 38.5 Å². The predicted molar refractivity (Wildman–Crippen MR) is 79.5 cm³/mol. The number of carbonyl (C=O) groups excluding carboxylic acids is 2. The molecule has 0 atom stereocenters. The summed E-state index contributed by atoms with van der Waals surface area (Å²) >= 11 is 0. The zero-order valence-corrected chi connectivity index (χ0v) is 13.0. The maximum Gasteiger partial charge on any atom is 0.256 e. The van der Waals surface area contributed by atoms with E-state index in [1.54, 1.807) is 25.8 Å². The summed E-state index contributed by atoms with van der Waals surface area (Å²) in [5, 5.41) is 0. The fraction of sp³-hybridized carbons (Fsp3) is 0.375. The van der Waals surface area contributed by atoms with Crippen LogP contribution < -0.4 is 0 Å². The number of rotatable bonds is 4. The van der Waals surface area contributed by atoms with Gasteiger partial charge < -0.3 is 14.3 Å². The summed E-state index contributed by atoms with van der Waals surface area (Å²) in [6, 6.07) is 3.73. The van der Waals surface area contributed by atoms with Gasteiger partial charge in [-0.2, -0.15) is 0 Å². The number of aromatic nitrogens is 1. The van der Waals surface area contributed by atoms with Gasteiger partial charge in [0.05, 0.1) is 17.8 Å². The van der Waals surface area contributed by atoms with Crippen molar-refractivity contribution in [3.63, 3.8) is 0 Å². The summed E-state index contributed by atoms with van der Waals surface area (Å²) in [6.45, 7) is 7.34. The molecule has 0 bridgehead atoms. The number of nitrogens with zero attached hydrogens (tertiary/aromatic N) is 1. The van der Waals surface area contributed by atoms with Crippen molar-refractivity contribution in [2.75, 3.05) is 7.05 Å². The number of nitrogens with one attached hydrogen (secondary N) is 1. The van der Waals surface area contributed by atoms with Crippen molar-refractivity contribution in [1.82, 2.24) is 9.88 Å². The smallest absolute Gasteiger partial charge is 0.256 e. The topological polar surface area (TPSA) is 66.3 Å². The Morgan fingerprint density at radius 1 is 1.24 bits per heavy atom. The van der Waals surface area contributed by atoms with E-state index in [2.05, 4.69) is 4.98 Å².